The van der Waals surface area contributed by atoms with E-state index in [1.54, 1.807) is 0 Å². The highest BCUT2D eigenvalue weighted by Gasteiger charge is 2.32. The molecule has 1 aliphatic heterocycles. The first-order chi connectivity index (χ1) is 15.1. The Bertz CT molecular complexity index is 1250. The molecule has 1 aromatic heterocycles. The molecule has 0 aliphatic carbocycles. The quantitative estimate of drug-likeness (QED) is 0.347. The molecule has 1 aliphatic rings. The van der Waals surface area contributed by atoms with Gasteiger partial charge in [-0.3, -0.25) is 0 Å². The van der Waals surface area contributed by atoms with Crippen LogP contribution in [0.2, 0.25) is 0 Å². The standard InChI is InChI=1S/C26H22BrN3O/c1-18-16-21(13-14-22(18)27)28-26(31)30-17-20-10-5-6-11-23(20)29-15-7-12-24(29)25(30)19-8-3-2-4-9-19/h2-16,25H,17H2,1H3,(H,28,31)/t25-/m0/s1. The molecule has 1 atom stereocenters. The summed E-state index contributed by atoms with van der Waals surface area (Å²) in [6, 6.07) is 28.2. The normalized spacial score (nSPS) is 15.0. The molecule has 0 radical (unpaired) electrons. The van der Waals surface area contributed by atoms with Gasteiger partial charge in [0.15, 0.2) is 0 Å². The summed E-state index contributed by atoms with van der Waals surface area (Å²) in [5.41, 5.74) is 6.23. The summed E-state index contributed by atoms with van der Waals surface area (Å²) in [6.45, 7) is 2.53. The van der Waals surface area contributed by atoms with Crippen LogP contribution in [0.3, 0.4) is 0 Å². The van der Waals surface area contributed by atoms with Crippen molar-refractivity contribution in [2.45, 2.75) is 19.5 Å². The zero-order valence-corrected chi connectivity index (χ0v) is 18.7. The van der Waals surface area contributed by atoms with Gasteiger partial charge in [0.2, 0.25) is 0 Å². The summed E-state index contributed by atoms with van der Waals surface area (Å²) in [5.74, 6) is 0. The van der Waals surface area contributed by atoms with Crippen LogP contribution in [0.25, 0.3) is 5.69 Å². The van der Waals surface area contributed by atoms with Gasteiger partial charge in [0, 0.05) is 22.1 Å². The number of para-hydroxylation sites is 1. The van der Waals surface area contributed by atoms with Crippen molar-refractivity contribution in [2.24, 2.45) is 0 Å². The molecule has 0 spiro atoms. The largest absolute Gasteiger partial charge is 0.322 e. The number of amides is 2. The second kappa shape index (κ2) is 8.08. The van der Waals surface area contributed by atoms with E-state index in [4.69, 9.17) is 0 Å². The van der Waals surface area contributed by atoms with Crippen LogP contribution in [0, 0.1) is 6.92 Å². The smallest absolute Gasteiger partial charge is 0.318 e. The number of fused-ring (bicyclic) bond motifs is 3. The van der Waals surface area contributed by atoms with E-state index in [0.717, 1.165) is 38.2 Å². The number of anilines is 1. The van der Waals surface area contributed by atoms with Crippen LogP contribution in [-0.4, -0.2) is 15.5 Å². The molecule has 0 fully saturated rings. The molecule has 4 nitrogen and oxygen atoms in total. The van der Waals surface area contributed by atoms with Crippen molar-refractivity contribution >= 4 is 27.6 Å². The van der Waals surface area contributed by atoms with Gasteiger partial charge in [-0.05, 0) is 60.0 Å². The minimum atomic E-state index is -0.208. The number of hydrogen-bond acceptors (Lipinski definition) is 1. The molecule has 0 saturated carbocycles. The van der Waals surface area contributed by atoms with Gasteiger partial charge in [0.25, 0.3) is 0 Å². The van der Waals surface area contributed by atoms with Crippen LogP contribution in [0.5, 0.6) is 0 Å². The Labute approximate surface area is 190 Å². The first-order valence-corrected chi connectivity index (χ1v) is 11.1. The second-order valence-electron chi connectivity index (χ2n) is 7.77. The maximum Gasteiger partial charge on any atom is 0.322 e. The molecule has 31 heavy (non-hydrogen) atoms. The Morgan fingerprint density at radius 3 is 2.55 bits per heavy atom. The van der Waals surface area contributed by atoms with Crippen LogP contribution in [0.4, 0.5) is 10.5 Å². The fraction of sp³-hybridized carbons (Fsp3) is 0.115. The van der Waals surface area contributed by atoms with Gasteiger partial charge in [-0.15, -0.1) is 0 Å². The molecular formula is C26H22BrN3O. The van der Waals surface area contributed by atoms with Crippen molar-refractivity contribution in [3.63, 3.8) is 0 Å². The van der Waals surface area contributed by atoms with Crippen molar-refractivity contribution in [1.82, 2.24) is 9.47 Å². The molecule has 5 heteroatoms. The van der Waals surface area contributed by atoms with Gasteiger partial charge < -0.3 is 14.8 Å². The lowest BCUT2D eigenvalue weighted by atomic mass is 10.0. The number of urea groups is 1. The number of carbonyl (C=O) groups is 1. The molecule has 0 unspecified atom stereocenters. The zero-order chi connectivity index (χ0) is 21.4. The Morgan fingerprint density at radius 2 is 1.74 bits per heavy atom. The number of rotatable bonds is 2. The molecule has 3 aromatic carbocycles. The van der Waals surface area contributed by atoms with Gasteiger partial charge in [0.05, 0.1) is 18.3 Å². The zero-order valence-electron chi connectivity index (χ0n) is 17.1. The second-order valence-corrected chi connectivity index (χ2v) is 8.62. The Hall–Kier alpha value is -3.31. The summed E-state index contributed by atoms with van der Waals surface area (Å²) in [7, 11) is 0. The van der Waals surface area contributed by atoms with Crippen molar-refractivity contribution in [3.8, 4) is 5.69 Å². The summed E-state index contributed by atoms with van der Waals surface area (Å²) in [6.07, 6.45) is 2.07. The van der Waals surface area contributed by atoms with E-state index in [1.807, 2.05) is 66.4 Å². The predicted octanol–water partition coefficient (Wildman–Crippen LogP) is 6.69. The van der Waals surface area contributed by atoms with Crippen LogP contribution >= 0.6 is 15.9 Å². The van der Waals surface area contributed by atoms with E-state index < -0.39 is 0 Å². The molecular weight excluding hydrogens is 450 g/mol. The molecule has 5 rings (SSSR count). The minimum absolute atomic E-state index is 0.125. The third kappa shape index (κ3) is 3.66. The van der Waals surface area contributed by atoms with Crippen molar-refractivity contribution in [1.29, 1.82) is 0 Å². The SMILES string of the molecule is Cc1cc(NC(=O)N2Cc3ccccc3-n3cccc3[C@@H]2c2ccccc2)ccc1Br. The highest BCUT2D eigenvalue weighted by atomic mass is 79.9. The van der Waals surface area contributed by atoms with Crippen LogP contribution in [0.15, 0.2) is 95.6 Å². The predicted molar refractivity (Wildman–Crippen MR) is 127 cm³/mol. The van der Waals surface area contributed by atoms with Gasteiger partial charge in [-0.1, -0.05) is 64.5 Å². The van der Waals surface area contributed by atoms with Gasteiger partial charge in [-0.25, -0.2) is 4.79 Å². The van der Waals surface area contributed by atoms with Gasteiger partial charge >= 0.3 is 6.03 Å². The topological polar surface area (TPSA) is 37.3 Å². The van der Waals surface area contributed by atoms with E-state index in [-0.39, 0.29) is 12.1 Å². The van der Waals surface area contributed by atoms with Gasteiger partial charge in [-0.2, -0.15) is 0 Å². The number of aromatic nitrogens is 1. The Morgan fingerprint density at radius 1 is 0.968 bits per heavy atom. The van der Waals surface area contributed by atoms with E-state index in [1.165, 1.54) is 0 Å². The van der Waals surface area contributed by atoms with Crippen molar-refractivity contribution < 1.29 is 4.79 Å². The van der Waals surface area contributed by atoms with E-state index >= 15 is 0 Å². The highest BCUT2D eigenvalue weighted by Crippen LogP contribution is 2.37. The van der Waals surface area contributed by atoms with Crippen molar-refractivity contribution in [2.75, 3.05) is 5.32 Å². The summed E-state index contributed by atoms with van der Waals surface area (Å²) < 4.78 is 3.22. The fourth-order valence-corrected chi connectivity index (χ4v) is 4.49. The van der Waals surface area contributed by atoms with Crippen LogP contribution < -0.4 is 5.32 Å². The molecule has 2 heterocycles. The van der Waals surface area contributed by atoms with Crippen molar-refractivity contribution in [3.05, 3.63) is 118 Å². The lowest BCUT2D eigenvalue weighted by Gasteiger charge is -2.31. The number of hydrogen-bond donors (Lipinski definition) is 1. The van der Waals surface area contributed by atoms with E-state index in [9.17, 15) is 4.79 Å². The summed E-state index contributed by atoms with van der Waals surface area (Å²) in [4.78, 5) is 15.6. The number of aryl methyl sites for hydroxylation is 1. The maximum atomic E-state index is 13.6. The minimum Gasteiger partial charge on any atom is -0.318 e. The van der Waals surface area contributed by atoms with Gasteiger partial charge in [0.1, 0.15) is 0 Å². The summed E-state index contributed by atoms with van der Waals surface area (Å²) >= 11 is 3.53. The average molecular weight is 472 g/mol. The lowest BCUT2D eigenvalue weighted by molar-refractivity contribution is 0.194. The monoisotopic (exact) mass is 471 g/mol. The Kier molecular flexibility index (Phi) is 5.12. The Balaban J connectivity index is 1.61. The molecule has 2 amide bonds. The molecule has 154 valence electrons. The molecule has 0 saturated heterocycles. The maximum absolute atomic E-state index is 13.6. The number of benzene rings is 3. The fourth-order valence-electron chi connectivity index (χ4n) is 4.24. The molecule has 0 bridgehead atoms. The highest BCUT2D eigenvalue weighted by molar-refractivity contribution is 9.10. The first-order valence-electron chi connectivity index (χ1n) is 10.3. The number of carbonyl (C=O) groups excluding carboxylic acids is 1. The van der Waals surface area contributed by atoms with Crippen LogP contribution in [-0.2, 0) is 6.54 Å². The average Bonchev–Trinajstić information content (AvgIpc) is 3.21. The third-order valence-corrected chi connectivity index (χ3v) is 6.64. The van der Waals surface area contributed by atoms with E-state index in [2.05, 4.69) is 62.3 Å². The number of nitrogens with zero attached hydrogens (tertiary/aromatic N) is 2. The molecule has 4 aromatic rings. The lowest BCUT2D eigenvalue weighted by Crippen LogP contribution is -2.37. The first kappa shape index (κ1) is 19.6. The van der Waals surface area contributed by atoms with Crippen LogP contribution in [0.1, 0.15) is 28.4 Å². The molecule has 1 N–H and O–H groups in total. The van der Waals surface area contributed by atoms with E-state index in [0.29, 0.717) is 6.54 Å². The number of halogens is 1. The summed E-state index contributed by atoms with van der Waals surface area (Å²) in [5, 5.41) is 3.12. The number of nitrogens with one attached hydrogen (secondary N) is 1. The third-order valence-electron chi connectivity index (χ3n) is 5.75.